The number of piperidine rings is 1. The number of amides is 2. The van der Waals surface area contributed by atoms with Gasteiger partial charge in [0.1, 0.15) is 11.5 Å². The third-order valence-electron chi connectivity index (χ3n) is 4.95. The first kappa shape index (κ1) is 19.3. The normalized spacial score (nSPS) is 17.9. The number of aromatic nitrogens is 2. The van der Waals surface area contributed by atoms with Crippen LogP contribution in [0.5, 0.6) is 0 Å². The Morgan fingerprint density at radius 2 is 1.79 bits per heavy atom. The SMILES string of the molecule is CC(=O)Nc1cccc(Nc2cnc(C(=O)N3CCC4(CC3)OCCO4)cn2)c1. The predicted molar refractivity (Wildman–Crippen MR) is 106 cm³/mol. The molecule has 2 fully saturated rings. The van der Waals surface area contributed by atoms with Crippen molar-refractivity contribution in [3.8, 4) is 0 Å². The van der Waals surface area contributed by atoms with Gasteiger partial charge in [-0.3, -0.25) is 9.59 Å². The molecule has 1 aromatic heterocycles. The van der Waals surface area contributed by atoms with Gasteiger partial charge < -0.3 is 25.0 Å². The van der Waals surface area contributed by atoms with Crippen molar-refractivity contribution < 1.29 is 19.1 Å². The number of carbonyl (C=O) groups excluding carboxylic acids is 2. The molecule has 4 rings (SSSR count). The topological polar surface area (TPSA) is 106 Å². The van der Waals surface area contributed by atoms with Crippen LogP contribution in [-0.4, -0.2) is 58.8 Å². The number of nitrogens with zero attached hydrogens (tertiary/aromatic N) is 3. The summed E-state index contributed by atoms with van der Waals surface area (Å²) in [6.07, 6.45) is 4.31. The molecule has 29 heavy (non-hydrogen) atoms. The molecule has 9 heteroatoms. The maximum atomic E-state index is 12.7. The van der Waals surface area contributed by atoms with E-state index in [-0.39, 0.29) is 11.8 Å². The number of benzene rings is 1. The van der Waals surface area contributed by atoms with E-state index in [1.807, 2.05) is 12.1 Å². The summed E-state index contributed by atoms with van der Waals surface area (Å²) in [7, 11) is 0. The highest BCUT2D eigenvalue weighted by Gasteiger charge is 2.41. The van der Waals surface area contributed by atoms with Crippen LogP contribution in [0.3, 0.4) is 0 Å². The number of anilines is 3. The van der Waals surface area contributed by atoms with Gasteiger partial charge in [-0.25, -0.2) is 9.97 Å². The number of nitrogens with one attached hydrogen (secondary N) is 2. The van der Waals surface area contributed by atoms with Gasteiger partial charge in [0.15, 0.2) is 5.79 Å². The maximum absolute atomic E-state index is 12.7. The van der Waals surface area contributed by atoms with Crippen LogP contribution in [0.25, 0.3) is 0 Å². The van der Waals surface area contributed by atoms with Gasteiger partial charge in [0.2, 0.25) is 5.91 Å². The van der Waals surface area contributed by atoms with E-state index < -0.39 is 5.79 Å². The third-order valence-corrected chi connectivity index (χ3v) is 4.95. The van der Waals surface area contributed by atoms with Crippen molar-refractivity contribution in [2.24, 2.45) is 0 Å². The highest BCUT2D eigenvalue weighted by Crippen LogP contribution is 2.31. The zero-order chi connectivity index (χ0) is 20.3. The molecule has 2 aliphatic rings. The average Bonchev–Trinajstić information content (AvgIpc) is 3.16. The molecule has 0 radical (unpaired) electrons. The summed E-state index contributed by atoms with van der Waals surface area (Å²) in [5.41, 5.74) is 1.73. The summed E-state index contributed by atoms with van der Waals surface area (Å²) in [4.78, 5) is 34.2. The van der Waals surface area contributed by atoms with Crippen LogP contribution in [0.4, 0.5) is 17.2 Å². The number of hydrogen-bond donors (Lipinski definition) is 2. The summed E-state index contributed by atoms with van der Waals surface area (Å²) >= 11 is 0. The Morgan fingerprint density at radius 3 is 2.45 bits per heavy atom. The van der Waals surface area contributed by atoms with E-state index in [2.05, 4.69) is 20.6 Å². The molecule has 9 nitrogen and oxygen atoms in total. The summed E-state index contributed by atoms with van der Waals surface area (Å²) in [5.74, 6) is -0.293. The smallest absolute Gasteiger partial charge is 0.274 e. The molecule has 152 valence electrons. The number of carbonyl (C=O) groups is 2. The van der Waals surface area contributed by atoms with Gasteiger partial charge in [0.25, 0.3) is 5.91 Å². The lowest BCUT2D eigenvalue weighted by molar-refractivity contribution is -0.181. The van der Waals surface area contributed by atoms with E-state index in [4.69, 9.17) is 9.47 Å². The predicted octanol–water partition coefficient (Wildman–Crippen LogP) is 2.16. The Morgan fingerprint density at radius 1 is 1.07 bits per heavy atom. The highest BCUT2D eigenvalue weighted by atomic mass is 16.7. The van der Waals surface area contributed by atoms with Crippen LogP contribution in [0.2, 0.25) is 0 Å². The monoisotopic (exact) mass is 397 g/mol. The molecular weight excluding hydrogens is 374 g/mol. The van der Waals surface area contributed by atoms with Crippen molar-refractivity contribution in [1.82, 2.24) is 14.9 Å². The number of likely N-dealkylation sites (tertiary alicyclic amines) is 1. The van der Waals surface area contributed by atoms with Crippen molar-refractivity contribution in [2.45, 2.75) is 25.6 Å². The number of hydrogen-bond acceptors (Lipinski definition) is 7. The molecule has 2 aliphatic heterocycles. The Kier molecular flexibility index (Phi) is 5.41. The second-order valence-electron chi connectivity index (χ2n) is 7.07. The molecule has 3 heterocycles. The Hall–Kier alpha value is -3.04. The molecule has 0 unspecified atom stereocenters. The molecule has 0 aliphatic carbocycles. The molecule has 0 saturated carbocycles. The van der Waals surface area contributed by atoms with Crippen molar-refractivity contribution in [3.05, 3.63) is 42.4 Å². The molecule has 0 bridgehead atoms. The van der Waals surface area contributed by atoms with Crippen molar-refractivity contribution in [3.63, 3.8) is 0 Å². The highest BCUT2D eigenvalue weighted by molar-refractivity contribution is 5.92. The van der Waals surface area contributed by atoms with Crippen molar-refractivity contribution in [1.29, 1.82) is 0 Å². The van der Waals surface area contributed by atoms with Crippen LogP contribution in [-0.2, 0) is 14.3 Å². The minimum atomic E-state index is -0.512. The summed E-state index contributed by atoms with van der Waals surface area (Å²) in [5, 5.41) is 5.84. The molecule has 2 saturated heterocycles. The van der Waals surface area contributed by atoms with Gasteiger partial charge in [-0.2, -0.15) is 0 Å². The fourth-order valence-corrected chi connectivity index (χ4v) is 3.53. The van der Waals surface area contributed by atoms with Gasteiger partial charge in [0, 0.05) is 44.2 Å². The average molecular weight is 397 g/mol. The molecule has 1 aromatic carbocycles. The van der Waals surface area contributed by atoms with E-state index in [1.54, 1.807) is 17.0 Å². The lowest BCUT2D eigenvalue weighted by Gasteiger charge is -2.37. The van der Waals surface area contributed by atoms with Crippen molar-refractivity contribution in [2.75, 3.05) is 36.9 Å². The lowest BCUT2D eigenvalue weighted by atomic mass is 10.0. The zero-order valence-electron chi connectivity index (χ0n) is 16.2. The van der Waals surface area contributed by atoms with Gasteiger partial charge in [0.05, 0.1) is 25.6 Å². The van der Waals surface area contributed by atoms with Crippen LogP contribution < -0.4 is 10.6 Å². The van der Waals surface area contributed by atoms with Crippen LogP contribution >= 0.6 is 0 Å². The third kappa shape index (κ3) is 4.52. The summed E-state index contributed by atoms with van der Waals surface area (Å²) in [6, 6.07) is 7.26. The lowest BCUT2D eigenvalue weighted by Crippen LogP contribution is -2.47. The maximum Gasteiger partial charge on any atom is 0.274 e. The van der Waals surface area contributed by atoms with Gasteiger partial charge >= 0.3 is 0 Å². The van der Waals surface area contributed by atoms with E-state index in [0.29, 0.717) is 56.3 Å². The molecule has 2 aromatic rings. The molecule has 1 spiro atoms. The molecule has 0 atom stereocenters. The van der Waals surface area contributed by atoms with Crippen LogP contribution in [0.15, 0.2) is 36.7 Å². The molecular formula is C20H23N5O4. The van der Waals surface area contributed by atoms with Gasteiger partial charge in [-0.15, -0.1) is 0 Å². The van der Waals surface area contributed by atoms with Crippen molar-refractivity contribution >= 4 is 29.0 Å². The largest absolute Gasteiger partial charge is 0.347 e. The zero-order valence-corrected chi connectivity index (χ0v) is 16.2. The summed E-state index contributed by atoms with van der Waals surface area (Å²) < 4.78 is 11.4. The number of ether oxygens (including phenoxy) is 2. The quantitative estimate of drug-likeness (QED) is 0.814. The first-order valence-electron chi connectivity index (χ1n) is 9.57. The van der Waals surface area contributed by atoms with E-state index >= 15 is 0 Å². The molecule has 2 amide bonds. The van der Waals surface area contributed by atoms with E-state index in [0.717, 1.165) is 5.69 Å². The first-order valence-corrected chi connectivity index (χ1v) is 9.57. The Balaban J connectivity index is 1.36. The van der Waals surface area contributed by atoms with Gasteiger partial charge in [-0.1, -0.05) is 6.07 Å². The second-order valence-corrected chi connectivity index (χ2v) is 7.07. The first-order chi connectivity index (χ1) is 14.0. The van der Waals surface area contributed by atoms with E-state index in [1.165, 1.54) is 19.3 Å². The fraction of sp³-hybridized carbons (Fsp3) is 0.400. The minimum absolute atomic E-state index is 0.139. The Bertz CT molecular complexity index is 886. The number of rotatable bonds is 4. The standard InChI is InChI=1S/C20H23N5O4/c1-14(26)23-15-3-2-4-16(11-15)24-18-13-21-17(12-22-18)19(27)25-7-5-20(6-8-25)28-9-10-29-20/h2-4,11-13H,5-10H2,1H3,(H,22,24)(H,23,26). The van der Waals surface area contributed by atoms with Crippen LogP contribution in [0, 0.1) is 0 Å². The second kappa shape index (κ2) is 8.14. The van der Waals surface area contributed by atoms with E-state index in [9.17, 15) is 9.59 Å². The van der Waals surface area contributed by atoms with Crippen LogP contribution in [0.1, 0.15) is 30.3 Å². The Labute approximate surface area is 168 Å². The molecule has 2 N–H and O–H groups in total. The summed E-state index contributed by atoms with van der Waals surface area (Å²) in [6.45, 7) is 3.81. The fourth-order valence-electron chi connectivity index (χ4n) is 3.53. The van der Waals surface area contributed by atoms with Gasteiger partial charge in [-0.05, 0) is 18.2 Å². The minimum Gasteiger partial charge on any atom is -0.347 e.